The van der Waals surface area contributed by atoms with Gasteiger partial charge in [-0.3, -0.25) is 0 Å². The number of rotatable bonds is 3. The number of nitrogens with two attached hydrogens (primary N) is 1. The standard InChI is InChI=1S/C14H25NO/c1-2-14(16,9-15)13-6-10-3-11(7-13)5-12(4-10)8-13/h10-12,16H,2-9,15H2,1H3. The van der Waals surface area contributed by atoms with Gasteiger partial charge in [-0.2, -0.15) is 0 Å². The van der Waals surface area contributed by atoms with E-state index >= 15 is 0 Å². The molecule has 0 amide bonds. The second-order valence-electron chi connectivity index (χ2n) is 6.79. The van der Waals surface area contributed by atoms with Crippen molar-refractivity contribution in [1.82, 2.24) is 0 Å². The van der Waals surface area contributed by atoms with Crippen LogP contribution < -0.4 is 5.73 Å². The fourth-order valence-corrected chi connectivity index (χ4v) is 5.42. The SMILES string of the molecule is CCC(O)(CN)C12CC3CC(CC(C3)C1)C2. The predicted octanol–water partition coefficient (Wildman–Crippen LogP) is 2.30. The van der Waals surface area contributed by atoms with Gasteiger partial charge in [-0.25, -0.2) is 0 Å². The molecule has 4 bridgehead atoms. The molecule has 16 heavy (non-hydrogen) atoms. The van der Waals surface area contributed by atoms with Crippen molar-refractivity contribution >= 4 is 0 Å². The molecule has 0 saturated heterocycles. The number of hydrogen-bond acceptors (Lipinski definition) is 2. The zero-order chi connectivity index (χ0) is 11.4. The molecule has 0 heterocycles. The van der Waals surface area contributed by atoms with Crippen LogP contribution in [0.5, 0.6) is 0 Å². The van der Waals surface area contributed by atoms with Crippen LogP contribution in [0.1, 0.15) is 51.9 Å². The van der Waals surface area contributed by atoms with Gasteiger partial charge >= 0.3 is 0 Å². The Bertz CT molecular complexity index is 247. The molecule has 2 heteroatoms. The maximum absolute atomic E-state index is 10.9. The smallest absolute Gasteiger partial charge is 0.0822 e. The minimum absolute atomic E-state index is 0.186. The summed E-state index contributed by atoms with van der Waals surface area (Å²) in [5, 5.41) is 10.9. The fourth-order valence-electron chi connectivity index (χ4n) is 5.42. The molecule has 0 aliphatic heterocycles. The van der Waals surface area contributed by atoms with Crippen molar-refractivity contribution in [1.29, 1.82) is 0 Å². The molecule has 92 valence electrons. The van der Waals surface area contributed by atoms with Crippen LogP contribution in [0.2, 0.25) is 0 Å². The third-order valence-corrected chi connectivity index (χ3v) is 5.95. The first-order chi connectivity index (χ1) is 7.61. The van der Waals surface area contributed by atoms with E-state index in [1.807, 2.05) is 0 Å². The minimum atomic E-state index is -0.580. The largest absolute Gasteiger partial charge is 0.388 e. The van der Waals surface area contributed by atoms with Gasteiger partial charge in [0, 0.05) is 12.0 Å². The van der Waals surface area contributed by atoms with E-state index < -0.39 is 5.60 Å². The Balaban J connectivity index is 1.93. The Kier molecular flexibility index (Phi) is 2.38. The summed E-state index contributed by atoms with van der Waals surface area (Å²) >= 11 is 0. The van der Waals surface area contributed by atoms with Crippen LogP contribution in [0, 0.1) is 23.2 Å². The molecule has 0 aromatic rings. The maximum Gasteiger partial charge on any atom is 0.0822 e. The summed E-state index contributed by atoms with van der Waals surface area (Å²) < 4.78 is 0. The molecule has 0 radical (unpaired) electrons. The van der Waals surface area contributed by atoms with Crippen LogP contribution in [0.15, 0.2) is 0 Å². The predicted molar refractivity (Wildman–Crippen MR) is 64.9 cm³/mol. The lowest BCUT2D eigenvalue weighted by molar-refractivity contribution is -0.175. The van der Waals surface area contributed by atoms with Crippen molar-refractivity contribution in [3.63, 3.8) is 0 Å². The van der Waals surface area contributed by atoms with E-state index in [9.17, 15) is 5.11 Å². The third kappa shape index (κ3) is 1.32. The van der Waals surface area contributed by atoms with E-state index in [1.165, 1.54) is 38.5 Å². The molecule has 0 aromatic heterocycles. The lowest BCUT2D eigenvalue weighted by Gasteiger charge is -2.62. The Morgan fingerprint density at radius 1 is 1.12 bits per heavy atom. The van der Waals surface area contributed by atoms with Crippen molar-refractivity contribution in [2.75, 3.05) is 6.54 Å². The Hall–Kier alpha value is -0.0800. The first kappa shape index (κ1) is 11.0. The molecule has 4 fully saturated rings. The van der Waals surface area contributed by atoms with Crippen LogP contribution in [-0.2, 0) is 0 Å². The highest BCUT2D eigenvalue weighted by atomic mass is 16.3. The first-order valence-electron chi connectivity index (χ1n) is 7.03. The lowest BCUT2D eigenvalue weighted by atomic mass is 9.45. The second-order valence-corrected chi connectivity index (χ2v) is 6.79. The molecule has 2 nitrogen and oxygen atoms in total. The van der Waals surface area contributed by atoms with E-state index in [4.69, 9.17) is 5.73 Å². The minimum Gasteiger partial charge on any atom is -0.388 e. The Labute approximate surface area is 98.6 Å². The van der Waals surface area contributed by atoms with Gasteiger partial charge in [0.2, 0.25) is 0 Å². The average Bonchev–Trinajstić information content (AvgIpc) is 2.26. The van der Waals surface area contributed by atoms with Crippen LogP contribution >= 0.6 is 0 Å². The quantitative estimate of drug-likeness (QED) is 0.771. The van der Waals surface area contributed by atoms with Crippen LogP contribution in [0.3, 0.4) is 0 Å². The monoisotopic (exact) mass is 223 g/mol. The summed E-state index contributed by atoms with van der Waals surface area (Å²) in [7, 11) is 0. The van der Waals surface area contributed by atoms with Gasteiger partial charge in [-0.05, 0) is 62.7 Å². The van der Waals surface area contributed by atoms with Gasteiger partial charge < -0.3 is 10.8 Å². The zero-order valence-electron chi connectivity index (χ0n) is 10.4. The number of hydrogen-bond donors (Lipinski definition) is 2. The van der Waals surface area contributed by atoms with Crippen molar-refractivity contribution in [3.05, 3.63) is 0 Å². The van der Waals surface area contributed by atoms with Crippen molar-refractivity contribution < 1.29 is 5.11 Å². The fraction of sp³-hybridized carbons (Fsp3) is 1.00. The summed E-state index contributed by atoms with van der Waals surface area (Å²) in [4.78, 5) is 0. The highest BCUT2D eigenvalue weighted by Gasteiger charge is 2.58. The molecule has 4 aliphatic rings. The summed E-state index contributed by atoms with van der Waals surface area (Å²) in [5.74, 6) is 2.70. The molecule has 0 aromatic carbocycles. The molecular weight excluding hydrogens is 198 g/mol. The normalized spacial score (nSPS) is 49.3. The summed E-state index contributed by atoms with van der Waals surface area (Å²) in [6.45, 7) is 2.56. The van der Waals surface area contributed by atoms with E-state index in [0.717, 1.165) is 24.2 Å². The highest BCUT2D eigenvalue weighted by molar-refractivity contribution is 5.10. The van der Waals surface area contributed by atoms with Crippen LogP contribution in [0.4, 0.5) is 0 Å². The molecule has 3 N–H and O–H groups in total. The van der Waals surface area contributed by atoms with E-state index in [1.54, 1.807) is 0 Å². The lowest BCUT2D eigenvalue weighted by Crippen LogP contribution is -2.60. The summed E-state index contributed by atoms with van der Waals surface area (Å²) in [5.41, 5.74) is 5.49. The summed E-state index contributed by atoms with van der Waals surface area (Å²) in [6.07, 6.45) is 8.88. The maximum atomic E-state index is 10.9. The first-order valence-corrected chi connectivity index (χ1v) is 7.03. The van der Waals surface area contributed by atoms with E-state index in [2.05, 4.69) is 6.92 Å². The van der Waals surface area contributed by atoms with Crippen molar-refractivity contribution in [2.45, 2.75) is 57.5 Å². The van der Waals surface area contributed by atoms with Gasteiger partial charge in [0.15, 0.2) is 0 Å². The van der Waals surface area contributed by atoms with Crippen LogP contribution in [0.25, 0.3) is 0 Å². The molecule has 0 spiro atoms. The molecule has 4 aliphatic carbocycles. The van der Waals surface area contributed by atoms with Crippen molar-refractivity contribution in [2.24, 2.45) is 28.9 Å². The third-order valence-electron chi connectivity index (χ3n) is 5.95. The van der Waals surface area contributed by atoms with E-state index in [0.29, 0.717) is 6.54 Å². The zero-order valence-corrected chi connectivity index (χ0v) is 10.4. The molecule has 1 unspecified atom stereocenters. The Morgan fingerprint density at radius 2 is 1.56 bits per heavy atom. The van der Waals surface area contributed by atoms with Gasteiger partial charge in [0.25, 0.3) is 0 Å². The molecular formula is C14H25NO. The molecule has 1 atom stereocenters. The van der Waals surface area contributed by atoms with Gasteiger partial charge in [0.1, 0.15) is 0 Å². The molecule has 4 rings (SSSR count). The van der Waals surface area contributed by atoms with Gasteiger partial charge in [-0.15, -0.1) is 0 Å². The topological polar surface area (TPSA) is 46.2 Å². The molecule has 4 saturated carbocycles. The number of aliphatic hydroxyl groups is 1. The van der Waals surface area contributed by atoms with Gasteiger partial charge in [-0.1, -0.05) is 6.92 Å². The highest BCUT2D eigenvalue weighted by Crippen LogP contribution is 2.64. The van der Waals surface area contributed by atoms with Gasteiger partial charge in [0.05, 0.1) is 5.60 Å². The van der Waals surface area contributed by atoms with E-state index in [-0.39, 0.29) is 5.41 Å². The van der Waals surface area contributed by atoms with Crippen LogP contribution in [-0.4, -0.2) is 17.3 Å². The summed E-state index contributed by atoms with van der Waals surface area (Å²) in [6, 6.07) is 0. The second kappa shape index (κ2) is 3.46. The Morgan fingerprint density at radius 3 is 1.88 bits per heavy atom. The average molecular weight is 223 g/mol. The van der Waals surface area contributed by atoms with Crippen molar-refractivity contribution in [3.8, 4) is 0 Å².